The highest BCUT2D eigenvalue weighted by molar-refractivity contribution is 5.93. The molecular weight excluding hydrogens is 689 g/mol. The highest BCUT2D eigenvalue weighted by Crippen LogP contribution is 2.38. The summed E-state index contributed by atoms with van der Waals surface area (Å²) < 4.78 is 13.3. The number of nitrogens with zero attached hydrogens (tertiary/aromatic N) is 1. The van der Waals surface area contributed by atoms with Crippen LogP contribution in [-0.2, 0) is 38.8 Å². The predicted octanol–water partition coefficient (Wildman–Crippen LogP) is 8.93. The van der Waals surface area contributed by atoms with Gasteiger partial charge in [-0.05, 0) is 59.4 Å². The maximum atomic E-state index is 12.8. The van der Waals surface area contributed by atoms with Gasteiger partial charge < -0.3 is 30.9 Å². The molecule has 5 aromatic carbocycles. The fourth-order valence-electron chi connectivity index (χ4n) is 6.88. The molecule has 1 aliphatic heterocycles. The number of benzene rings is 5. The molecule has 0 saturated carbocycles. The van der Waals surface area contributed by atoms with Gasteiger partial charge in [0.1, 0.15) is 0 Å². The van der Waals surface area contributed by atoms with Gasteiger partial charge in [-0.3, -0.25) is 14.5 Å². The molecule has 55 heavy (non-hydrogen) atoms. The number of aliphatic hydroxyl groups is 1. The van der Waals surface area contributed by atoms with Crippen molar-refractivity contribution in [1.29, 1.82) is 0 Å². The molecule has 1 fully saturated rings. The predicted molar refractivity (Wildman–Crippen MR) is 218 cm³/mol. The third kappa shape index (κ3) is 12.3. The summed E-state index contributed by atoms with van der Waals surface area (Å²) in [6, 6.07) is 43.9. The summed E-state index contributed by atoms with van der Waals surface area (Å²) in [5.74, 6) is -0.0995. The van der Waals surface area contributed by atoms with Crippen molar-refractivity contribution in [2.24, 2.45) is 0 Å². The van der Waals surface area contributed by atoms with E-state index in [1.54, 1.807) is 12.1 Å². The number of amides is 2. The van der Waals surface area contributed by atoms with E-state index in [0.717, 1.165) is 55.5 Å². The molecule has 0 radical (unpaired) electrons. The van der Waals surface area contributed by atoms with Gasteiger partial charge in [0.25, 0.3) is 0 Å². The number of nitrogens with one attached hydrogen (secondary N) is 2. The lowest BCUT2D eigenvalue weighted by molar-refractivity contribution is -0.253. The average Bonchev–Trinajstić information content (AvgIpc) is 3.21. The van der Waals surface area contributed by atoms with Gasteiger partial charge in [0.15, 0.2) is 6.29 Å². The zero-order valence-electron chi connectivity index (χ0n) is 31.3. The van der Waals surface area contributed by atoms with E-state index >= 15 is 0 Å². The second kappa shape index (κ2) is 20.4. The van der Waals surface area contributed by atoms with Crippen LogP contribution < -0.4 is 16.4 Å². The number of nitrogens with two attached hydrogens (primary N) is 1. The first kappa shape index (κ1) is 39.4. The van der Waals surface area contributed by atoms with Crippen LogP contribution in [0.2, 0.25) is 0 Å². The number of rotatable bonds is 18. The molecule has 9 nitrogen and oxygen atoms in total. The first-order valence-electron chi connectivity index (χ1n) is 19.3. The second-order valence-corrected chi connectivity index (χ2v) is 14.2. The van der Waals surface area contributed by atoms with Crippen molar-refractivity contribution in [2.75, 3.05) is 22.9 Å². The van der Waals surface area contributed by atoms with Crippen LogP contribution in [0.4, 0.5) is 17.1 Å². The van der Waals surface area contributed by atoms with Crippen LogP contribution in [0.25, 0.3) is 0 Å². The van der Waals surface area contributed by atoms with Gasteiger partial charge in [0.2, 0.25) is 11.8 Å². The first-order valence-corrected chi connectivity index (χ1v) is 19.3. The Hall–Kier alpha value is -5.32. The maximum absolute atomic E-state index is 12.8. The van der Waals surface area contributed by atoms with Crippen LogP contribution in [0.1, 0.15) is 85.2 Å². The number of para-hydroxylation sites is 2. The van der Waals surface area contributed by atoms with Crippen molar-refractivity contribution >= 4 is 28.9 Å². The van der Waals surface area contributed by atoms with Crippen LogP contribution in [-0.4, -0.2) is 34.5 Å². The topological polar surface area (TPSA) is 126 Å². The van der Waals surface area contributed by atoms with Crippen molar-refractivity contribution in [1.82, 2.24) is 4.90 Å². The molecule has 286 valence electrons. The minimum Gasteiger partial charge on any atom is -0.397 e. The largest absolute Gasteiger partial charge is 0.397 e. The number of hydrogen-bond donors (Lipinski definition) is 4. The summed E-state index contributed by atoms with van der Waals surface area (Å²) in [4.78, 5) is 27.5. The van der Waals surface area contributed by atoms with Gasteiger partial charge in [0, 0.05) is 50.1 Å². The molecule has 5 N–H and O–H groups in total. The average molecular weight is 741 g/mol. The van der Waals surface area contributed by atoms with Crippen molar-refractivity contribution < 1.29 is 24.2 Å². The fraction of sp³-hybridized carbons (Fsp3) is 0.304. The third-order valence-corrected chi connectivity index (χ3v) is 9.83. The molecule has 0 unspecified atom stereocenters. The Kier molecular flexibility index (Phi) is 14.6. The zero-order chi connectivity index (χ0) is 38.2. The SMILES string of the molecule is Nc1ccccc1NC(=O)CCCCCCC(=O)Nc1ccc([C@H]2O[C@@H](CN(Cc3ccccc3)Cc3ccccc3)C[C@@H](c3ccc(CO)cc3)O2)cc1. The van der Waals surface area contributed by atoms with E-state index in [-0.39, 0.29) is 30.6 Å². The molecular formula is C46H52N4O5. The highest BCUT2D eigenvalue weighted by Gasteiger charge is 2.33. The summed E-state index contributed by atoms with van der Waals surface area (Å²) in [6.45, 7) is 2.27. The van der Waals surface area contributed by atoms with E-state index in [4.69, 9.17) is 15.2 Å². The molecule has 0 aromatic heterocycles. The summed E-state index contributed by atoms with van der Waals surface area (Å²) in [6.07, 6.45) is 3.80. The lowest BCUT2D eigenvalue weighted by Crippen LogP contribution is -2.39. The number of aliphatic hydroxyl groups excluding tert-OH is 1. The maximum Gasteiger partial charge on any atom is 0.224 e. The molecule has 2 amide bonds. The smallest absolute Gasteiger partial charge is 0.224 e. The summed E-state index contributed by atoms with van der Waals surface area (Å²) in [5, 5.41) is 15.5. The monoisotopic (exact) mass is 740 g/mol. The number of nitrogen functional groups attached to an aromatic ring is 1. The van der Waals surface area contributed by atoms with Crippen LogP contribution in [0.3, 0.4) is 0 Å². The number of unbranched alkanes of at least 4 members (excludes halogenated alkanes) is 3. The van der Waals surface area contributed by atoms with E-state index in [0.29, 0.717) is 42.9 Å². The minimum absolute atomic E-state index is 0.0107. The molecule has 1 aliphatic rings. The molecule has 0 spiro atoms. The zero-order valence-corrected chi connectivity index (χ0v) is 31.3. The molecule has 1 saturated heterocycles. The van der Waals surface area contributed by atoms with Gasteiger partial charge in [-0.1, -0.05) is 122 Å². The van der Waals surface area contributed by atoms with E-state index in [9.17, 15) is 14.7 Å². The number of ether oxygens (including phenoxy) is 2. The number of hydrogen-bond acceptors (Lipinski definition) is 7. The van der Waals surface area contributed by atoms with Crippen LogP contribution in [0, 0.1) is 0 Å². The number of carbonyl (C=O) groups excluding carboxylic acids is 2. The lowest BCUT2D eigenvalue weighted by atomic mass is 9.99. The Balaban J connectivity index is 1.03. The Morgan fingerprint density at radius 1 is 0.636 bits per heavy atom. The highest BCUT2D eigenvalue weighted by atomic mass is 16.7. The van der Waals surface area contributed by atoms with E-state index < -0.39 is 6.29 Å². The van der Waals surface area contributed by atoms with Crippen molar-refractivity contribution in [3.05, 3.63) is 161 Å². The Bertz CT molecular complexity index is 1880. The summed E-state index contributed by atoms with van der Waals surface area (Å²) >= 11 is 0. The minimum atomic E-state index is -0.603. The van der Waals surface area contributed by atoms with E-state index in [1.165, 1.54) is 11.1 Å². The standard InChI is InChI=1S/C46H52N4O5/c47-41-17-11-12-18-42(41)49-45(53)20-10-2-1-9-19-44(52)48-39-27-25-38(26-28-39)46-54-40(29-43(55-46)37-23-21-36(33-51)22-24-37)32-50(30-34-13-5-3-6-14-34)31-35-15-7-4-8-16-35/h3-8,11-18,21-28,40,43,46,51H,1-2,9-10,19-20,29-33,47H2,(H,48,52)(H,49,53)/t40-,43+,46+/m1/s1. The van der Waals surface area contributed by atoms with Gasteiger partial charge in [0.05, 0.1) is 30.2 Å². The van der Waals surface area contributed by atoms with Gasteiger partial charge in [-0.15, -0.1) is 0 Å². The van der Waals surface area contributed by atoms with Crippen molar-refractivity contribution in [3.8, 4) is 0 Å². The molecule has 9 heteroatoms. The van der Waals surface area contributed by atoms with Crippen molar-refractivity contribution in [3.63, 3.8) is 0 Å². The quantitative estimate of drug-likeness (QED) is 0.0522. The van der Waals surface area contributed by atoms with E-state index in [1.807, 2.05) is 72.8 Å². The third-order valence-electron chi connectivity index (χ3n) is 9.83. The van der Waals surface area contributed by atoms with Crippen LogP contribution in [0.15, 0.2) is 133 Å². The van der Waals surface area contributed by atoms with Gasteiger partial charge in [-0.2, -0.15) is 0 Å². The fourth-order valence-corrected chi connectivity index (χ4v) is 6.88. The van der Waals surface area contributed by atoms with Gasteiger partial charge in [-0.25, -0.2) is 0 Å². The van der Waals surface area contributed by atoms with E-state index in [2.05, 4.69) is 64.1 Å². The van der Waals surface area contributed by atoms with Crippen molar-refractivity contribution in [2.45, 2.75) is 83.1 Å². The molecule has 1 heterocycles. The second-order valence-electron chi connectivity index (χ2n) is 14.2. The Morgan fingerprint density at radius 2 is 1.20 bits per heavy atom. The first-order chi connectivity index (χ1) is 26.9. The summed E-state index contributed by atoms with van der Waals surface area (Å²) in [7, 11) is 0. The molecule has 5 aromatic rings. The van der Waals surface area contributed by atoms with Gasteiger partial charge >= 0.3 is 0 Å². The lowest BCUT2D eigenvalue weighted by Gasteiger charge is -2.38. The Labute approximate surface area is 324 Å². The Morgan fingerprint density at radius 3 is 1.80 bits per heavy atom. The van der Waals surface area contributed by atoms with Crippen LogP contribution in [0.5, 0.6) is 0 Å². The molecule has 6 rings (SSSR count). The molecule has 3 atom stereocenters. The number of anilines is 3. The number of carbonyl (C=O) groups is 2. The normalized spacial score (nSPS) is 16.8. The molecule has 0 aliphatic carbocycles. The molecule has 0 bridgehead atoms. The van der Waals surface area contributed by atoms with Crippen LogP contribution >= 0.6 is 0 Å². The summed E-state index contributed by atoms with van der Waals surface area (Å²) in [5.41, 5.74) is 13.1.